The minimum Gasteiger partial charge on any atom is -0.382 e. The van der Waals surface area contributed by atoms with E-state index in [2.05, 4.69) is 42.0 Å². The van der Waals surface area contributed by atoms with Crippen LogP contribution in [0.4, 0.5) is 4.39 Å². The fourth-order valence-corrected chi connectivity index (χ4v) is 3.45. The van der Waals surface area contributed by atoms with E-state index in [1.165, 1.54) is 11.1 Å². The van der Waals surface area contributed by atoms with E-state index in [1.807, 2.05) is 13.8 Å². The predicted octanol–water partition coefficient (Wildman–Crippen LogP) is 4.30. The van der Waals surface area contributed by atoms with E-state index >= 15 is 0 Å². The number of H-pyrrole nitrogens is 1. The van der Waals surface area contributed by atoms with Crippen LogP contribution >= 0.6 is 11.8 Å². The molecule has 1 heterocycles. The molecule has 0 bridgehead atoms. The van der Waals surface area contributed by atoms with Crippen molar-refractivity contribution in [3.63, 3.8) is 0 Å². The van der Waals surface area contributed by atoms with Gasteiger partial charge in [0.15, 0.2) is 0 Å². The summed E-state index contributed by atoms with van der Waals surface area (Å²) in [6.07, 6.45) is -1.18. The number of aryl methyl sites for hydroxylation is 2. The van der Waals surface area contributed by atoms with Gasteiger partial charge in [0.05, 0.1) is 5.69 Å². The Bertz CT molecular complexity index is 604. The minimum atomic E-state index is -1.18. The maximum Gasteiger partial charge on any atom is 0.140 e. The van der Waals surface area contributed by atoms with Crippen molar-refractivity contribution >= 4 is 11.8 Å². The molecule has 0 aliphatic carbocycles. The highest BCUT2D eigenvalue weighted by molar-refractivity contribution is 7.99. The largest absolute Gasteiger partial charge is 0.382 e. The molecule has 0 saturated heterocycles. The topological polar surface area (TPSA) is 48.9 Å². The molecule has 1 aromatic heterocycles. The van der Waals surface area contributed by atoms with Crippen LogP contribution in [-0.4, -0.2) is 21.7 Å². The van der Waals surface area contributed by atoms with E-state index in [9.17, 15) is 9.50 Å². The number of aliphatic hydroxyl groups excluding tert-OH is 1. The molecule has 0 radical (unpaired) electrons. The normalized spacial score (nSPS) is 12.9. The van der Waals surface area contributed by atoms with Gasteiger partial charge in [-0.3, -0.25) is 0 Å². The van der Waals surface area contributed by atoms with Gasteiger partial charge in [-0.05, 0) is 43.0 Å². The smallest absolute Gasteiger partial charge is 0.140 e. The van der Waals surface area contributed by atoms with E-state index in [-0.39, 0.29) is 5.92 Å². The Labute approximate surface area is 129 Å². The number of nitrogens with zero attached hydrogens (tertiary/aromatic N) is 1. The Kier molecular flexibility index (Phi) is 5.06. The molecule has 2 N–H and O–H groups in total. The fourth-order valence-electron chi connectivity index (χ4n) is 2.19. The number of halogens is 1. The number of nitrogens with one attached hydrogen (secondary N) is 1. The lowest BCUT2D eigenvalue weighted by Crippen LogP contribution is -2.01. The van der Waals surface area contributed by atoms with Crippen LogP contribution < -0.4 is 0 Å². The number of hydrogen-bond acceptors (Lipinski definition) is 3. The second kappa shape index (κ2) is 6.62. The molecular weight excluding hydrogens is 287 g/mol. The molecule has 2 rings (SSSR count). The third-order valence-corrected chi connectivity index (χ3v) is 4.14. The molecule has 0 spiro atoms. The van der Waals surface area contributed by atoms with Crippen molar-refractivity contribution in [2.45, 2.75) is 49.6 Å². The maximum atomic E-state index is 12.6. The molecule has 5 heteroatoms. The van der Waals surface area contributed by atoms with Gasteiger partial charge in [0, 0.05) is 4.90 Å². The zero-order valence-electron chi connectivity index (χ0n) is 12.8. The van der Waals surface area contributed by atoms with Gasteiger partial charge >= 0.3 is 0 Å². The molecule has 0 aliphatic rings. The second-order valence-electron chi connectivity index (χ2n) is 5.59. The SMILES string of the molecule is Cc1cc(C)cc(Sc2nc(C(O)CF)[nH]c2C(C)C)c1. The summed E-state index contributed by atoms with van der Waals surface area (Å²) < 4.78 is 12.6. The molecule has 0 aliphatic heterocycles. The third kappa shape index (κ3) is 3.86. The second-order valence-corrected chi connectivity index (χ2v) is 6.65. The van der Waals surface area contributed by atoms with Crippen LogP contribution in [-0.2, 0) is 0 Å². The Morgan fingerprint density at radius 1 is 1.24 bits per heavy atom. The van der Waals surface area contributed by atoms with Crippen LogP contribution in [0.5, 0.6) is 0 Å². The van der Waals surface area contributed by atoms with Crippen molar-refractivity contribution < 1.29 is 9.50 Å². The number of aromatic amines is 1. The molecule has 21 heavy (non-hydrogen) atoms. The fraction of sp³-hybridized carbons (Fsp3) is 0.438. The summed E-state index contributed by atoms with van der Waals surface area (Å²) in [7, 11) is 0. The average molecular weight is 308 g/mol. The molecule has 1 atom stereocenters. The van der Waals surface area contributed by atoms with E-state index < -0.39 is 12.8 Å². The summed E-state index contributed by atoms with van der Waals surface area (Å²) in [6.45, 7) is 7.38. The predicted molar refractivity (Wildman–Crippen MR) is 83.7 cm³/mol. The lowest BCUT2D eigenvalue weighted by atomic mass is 10.1. The van der Waals surface area contributed by atoms with Crippen molar-refractivity contribution in [1.82, 2.24) is 9.97 Å². The van der Waals surface area contributed by atoms with E-state index in [0.717, 1.165) is 15.6 Å². The molecule has 3 nitrogen and oxygen atoms in total. The highest BCUT2D eigenvalue weighted by Gasteiger charge is 2.19. The number of rotatable bonds is 5. The molecule has 1 unspecified atom stereocenters. The lowest BCUT2D eigenvalue weighted by Gasteiger charge is -2.07. The minimum absolute atomic E-state index is 0.228. The summed E-state index contributed by atoms with van der Waals surface area (Å²) in [5.41, 5.74) is 3.33. The quantitative estimate of drug-likeness (QED) is 0.865. The van der Waals surface area contributed by atoms with Crippen molar-refractivity contribution in [2.75, 3.05) is 6.67 Å². The zero-order valence-corrected chi connectivity index (χ0v) is 13.6. The van der Waals surface area contributed by atoms with Gasteiger partial charge in [-0.1, -0.05) is 31.7 Å². The Hall–Kier alpha value is -1.33. The highest BCUT2D eigenvalue weighted by Crippen LogP contribution is 2.34. The van der Waals surface area contributed by atoms with Gasteiger partial charge in [-0.15, -0.1) is 0 Å². The number of benzene rings is 1. The third-order valence-electron chi connectivity index (χ3n) is 3.16. The number of alkyl halides is 1. The van der Waals surface area contributed by atoms with Crippen LogP contribution in [0, 0.1) is 13.8 Å². The van der Waals surface area contributed by atoms with Gasteiger partial charge in [-0.25, -0.2) is 9.37 Å². The first kappa shape index (κ1) is 16.0. The summed E-state index contributed by atoms with van der Waals surface area (Å²) in [6, 6.07) is 6.32. The molecule has 0 fully saturated rings. The van der Waals surface area contributed by atoms with Crippen LogP contribution in [0.3, 0.4) is 0 Å². The lowest BCUT2D eigenvalue weighted by molar-refractivity contribution is 0.133. The Balaban J connectivity index is 2.35. The Morgan fingerprint density at radius 2 is 1.86 bits per heavy atom. The van der Waals surface area contributed by atoms with Crippen LogP contribution in [0.15, 0.2) is 28.1 Å². The summed E-state index contributed by atoms with van der Waals surface area (Å²) in [5.74, 6) is 0.527. The van der Waals surface area contributed by atoms with Crippen LogP contribution in [0.25, 0.3) is 0 Å². The number of imidazole rings is 1. The van der Waals surface area contributed by atoms with Gasteiger partial charge < -0.3 is 10.1 Å². The molecule has 1 aromatic carbocycles. The van der Waals surface area contributed by atoms with Gasteiger partial charge in [-0.2, -0.15) is 0 Å². The number of hydrogen-bond donors (Lipinski definition) is 2. The molecular formula is C16H21FN2OS. The van der Waals surface area contributed by atoms with E-state index in [0.29, 0.717) is 5.82 Å². The number of aliphatic hydroxyl groups is 1. The molecule has 114 valence electrons. The molecule has 0 amide bonds. The maximum absolute atomic E-state index is 12.6. The first-order valence-corrected chi connectivity index (χ1v) is 7.82. The van der Waals surface area contributed by atoms with Crippen LogP contribution in [0.2, 0.25) is 0 Å². The molecule has 0 saturated carbocycles. The highest BCUT2D eigenvalue weighted by atomic mass is 32.2. The van der Waals surface area contributed by atoms with Gasteiger partial charge in [0.1, 0.15) is 23.6 Å². The first-order valence-electron chi connectivity index (χ1n) is 7.00. The molecule has 2 aromatic rings. The average Bonchev–Trinajstić information content (AvgIpc) is 2.80. The van der Waals surface area contributed by atoms with Crippen LogP contribution in [0.1, 0.15) is 48.5 Å². The number of aromatic nitrogens is 2. The monoisotopic (exact) mass is 308 g/mol. The standard InChI is InChI=1S/C16H21FN2OS/c1-9(2)14-16(19-15(18-14)13(20)8-17)21-12-6-10(3)5-11(4)7-12/h5-7,9,13,20H,8H2,1-4H3,(H,18,19). The van der Waals surface area contributed by atoms with Crippen molar-refractivity contribution in [2.24, 2.45) is 0 Å². The summed E-state index contributed by atoms with van der Waals surface area (Å²) >= 11 is 1.54. The first-order chi connectivity index (χ1) is 9.90. The van der Waals surface area contributed by atoms with Gasteiger partial charge in [0.25, 0.3) is 0 Å². The van der Waals surface area contributed by atoms with Crippen molar-refractivity contribution in [3.05, 3.63) is 40.8 Å². The van der Waals surface area contributed by atoms with Crippen molar-refractivity contribution in [1.29, 1.82) is 0 Å². The summed E-state index contributed by atoms with van der Waals surface area (Å²) in [5, 5.41) is 10.4. The zero-order chi connectivity index (χ0) is 15.6. The van der Waals surface area contributed by atoms with E-state index in [4.69, 9.17) is 0 Å². The van der Waals surface area contributed by atoms with Gasteiger partial charge in [0.2, 0.25) is 0 Å². The van der Waals surface area contributed by atoms with E-state index in [1.54, 1.807) is 11.8 Å². The Morgan fingerprint density at radius 3 is 2.38 bits per heavy atom. The van der Waals surface area contributed by atoms with Crippen molar-refractivity contribution in [3.8, 4) is 0 Å². The summed E-state index contributed by atoms with van der Waals surface area (Å²) in [4.78, 5) is 8.53.